The van der Waals surface area contributed by atoms with Crippen LogP contribution in [-0.2, 0) is 19.1 Å². The van der Waals surface area contributed by atoms with Crippen molar-refractivity contribution in [3.8, 4) is 28.5 Å². The monoisotopic (exact) mass is 625 g/mol. The summed E-state index contributed by atoms with van der Waals surface area (Å²) >= 11 is 0. The number of nitrogens with zero attached hydrogens (tertiary/aromatic N) is 1. The molecule has 1 aromatic heterocycles. The van der Waals surface area contributed by atoms with Gasteiger partial charge in [0.25, 0.3) is 0 Å². The summed E-state index contributed by atoms with van der Waals surface area (Å²) in [6.07, 6.45) is 1.92. The van der Waals surface area contributed by atoms with E-state index in [9.17, 15) is 14.4 Å². The second kappa shape index (κ2) is 11.4. The Morgan fingerprint density at radius 3 is 2.00 bits per heavy atom. The van der Waals surface area contributed by atoms with Gasteiger partial charge in [-0.25, -0.2) is 9.78 Å². The van der Waals surface area contributed by atoms with Gasteiger partial charge in [-0.15, -0.1) is 5.54 Å². The van der Waals surface area contributed by atoms with Crippen LogP contribution >= 0.6 is 0 Å². The highest BCUT2D eigenvalue weighted by atomic mass is 28.3. The number of methoxy groups -OCH3 is 2. The molecule has 0 radical (unpaired) electrons. The Bertz CT molecular complexity index is 1710. The molecule has 1 aromatic carbocycles. The fourth-order valence-corrected chi connectivity index (χ4v) is 7.21. The Hall–Kier alpha value is -3.96. The Morgan fingerprint density at radius 2 is 1.49 bits per heavy atom. The molecule has 0 saturated heterocycles. The molecule has 0 N–H and O–H groups in total. The first-order valence-electron chi connectivity index (χ1n) is 15.5. The van der Waals surface area contributed by atoms with Crippen molar-refractivity contribution >= 4 is 25.6 Å². The van der Waals surface area contributed by atoms with Gasteiger partial charge in [-0.2, -0.15) is 0 Å². The molecule has 3 aliphatic rings. The maximum Gasteiger partial charge on any atom is 0.357 e. The summed E-state index contributed by atoms with van der Waals surface area (Å²) in [5.74, 6) is 3.79. The molecule has 0 amide bonds. The number of hydrogen-bond acceptors (Lipinski definition) is 7. The van der Waals surface area contributed by atoms with Crippen molar-refractivity contribution in [1.82, 2.24) is 4.98 Å². The predicted molar refractivity (Wildman–Crippen MR) is 176 cm³/mol. The van der Waals surface area contributed by atoms with Crippen LogP contribution in [0.2, 0.25) is 19.6 Å². The third-order valence-electron chi connectivity index (χ3n) is 8.69. The maximum absolute atomic E-state index is 13.9. The number of ether oxygens (including phenoxy) is 3. The van der Waals surface area contributed by atoms with Crippen LogP contribution in [-0.4, -0.2) is 44.8 Å². The van der Waals surface area contributed by atoms with Gasteiger partial charge >= 0.3 is 5.97 Å². The van der Waals surface area contributed by atoms with Gasteiger partial charge in [-0.05, 0) is 47.6 Å². The third-order valence-corrected chi connectivity index (χ3v) is 9.56. The van der Waals surface area contributed by atoms with E-state index < -0.39 is 20.0 Å². The molecule has 0 spiro atoms. The lowest BCUT2D eigenvalue weighted by atomic mass is 9.65. The number of ketones is 2. The largest absolute Gasteiger partial charge is 0.496 e. The summed E-state index contributed by atoms with van der Waals surface area (Å²) in [7, 11) is 1.21. The number of benzene rings is 1. The van der Waals surface area contributed by atoms with E-state index in [0.29, 0.717) is 65.4 Å². The van der Waals surface area contributed by atoms with Gasteiger partial charge in [0.15, 0.2) is 17.3 Å². The Labute approximate surface area is 267 Å². The summed E-state index contributed by atoms with van der Waals surface area (Å²) in [5, 5.41) is 0. The van der Waals surface area contributed by atoms with E-state index in [-0.39, 0.29) is 28.1 Å². The lowest BCUT2D eigenvalue weighted by Gasteiger charge is -2.43. The standard InChI is InChI=1S/C37H43NO6Si/c1-21-23(24-13-11-22(15-16-45(8,9)10)34(38-24)35(41)43-7)12-14-27(42-6)30(21)33-31-25(39)17-36(2,3)19-28(31)44-29-20-37(4,5)18-26(40)32(29)33/h11-14,33H,17-20H2,1-10H3. The number of esters is 1. The minimum Gasteiger partial charge on any atom is -0.496 e. The molecule has 0 saturated carbocycles. The van der Waals surface area contributed by atoms with Gasteiger partial charge in [-0.1, -0.05) is 53.3 Å². The van der Waals surface area contributed by atoms with Gasteiger partial charge in [0.2, 0.25) is 0 Å². The number of allylic oxidation sites excluding steroid dienone is 4. The quantitative estimate of drug-likeness (QED) is 0.198. The summed E-state index contributed by atoms with van der Waals surface area (Å²) in [5.41, 5.74) is 7.38. The van der Waals surface area contributed by atoms with E-state index >= 15 is 0 Å². The molecule has 0 unspecified atom stereocenters. The number of hydrogen-bond donors (Lipinski definition) is 0. The molecule has 0 atom stereocenters. The van der Waals surface area contributed by atoms with Gasteiger partial charge in [0, 0.05) is 48.0 Å². The molecule has 5 rings (SSSR count). The van der Waals surface area contributed by atoms with Crippen LogP contribution in [0.5, 0.6) is 5.75 Å². The van der Waals surface area contributed by atoms with E-state index in [2.05, 4.69) is 58.8 Å². The number of pyridine rings is 1. The first-order chi connectivity index (χ1) is 20.9. The SMILES string of the molecule is COC(=O)c1nc(-c2ccc(OC)c(C3C4=C(CC(C)(C)CC4=O)OC4=C3C(=O)CC(C)(C)C4)c2C)ccc1C#C[Si](C)(C)C. The molecular formula is C37H43NO6Si. The number of aromatic nitrogens is 1. The van der Waals surface area contributed by atoms with Crippen LogP contribution in [0, 0.1) is 29.2 Å². The zero-order valence-corrected chi connectivity index (χ0v) is 29.1. The molecule has 2 aromatic rings. The fraction of sp³-hybridized carbons (Fsp3) is 0.459. The van der Waals surface area contributed by atoms with E-state index in [1.165, 1.54) is 7.11 Å². The number of carbonyl (C=O) groups excluding carboxylic acids is 3. The molecule has 1 aliphatic heterocycles. The highest BCUT2D eigenvalue weighted by Gasteiger charge is 2.49. The second-order valence-electron chi connectivity index (χ2n) is 15.0. The van der Waals surface area contributed by atoms with Crippen LogP contribution in [0.25, 0.3) is 11.3 Å². The van der Waals surface area contributed by atoms with Crippen LogP contribution in [0.15, 0.2) is 46.9 Å². The van der Waals surface area contributed by atoms with E-state index in [1.807, 2.05) is 25.1 Å². The van der Waals surface area contributed by atoms with Crippen molar-refractivity contribution in [3.63, 3.8) is 0 Å². The van der Waals surface area contributed by atoms with Crippen molar-refractivity contribution < 1.29 is 28.6 Å². The van der Waals surface area contributed by atoms with Crippen LogP contribution in [0.3, 0.4) is 0 Å². The van der Waals surface area contributed by atoms with Gasteiger partial charge in [-0.3, -0.25) is 9.59 Å². The zero-order chi connectivity index (χ0) is 33.1. The van der Waals surface area contributed by atoms with Crippen molar-refractivity contribution in [3.05, 3.63) is 69.3 Å². The van der Waals surface area contributed by atoms with E-state index in [1.54, 1.807) is 13.2 Å². The Balaban J connectivity index is 1.75. The molecule has 236 valence electrons. The van der Waals surface area contributed by atoms with Gasteiger partial charge in [0.05, 0.1) is 31.4 Å². The predicted octanol–water partition coefficient (Wildman–Crippen LogP) is 7.48. The van der Waals surface area contributed by atoms with Crippen molar-refractivity contribution in [1.29, 1.82) is 0 Å². The minimum atomic E-state index is -1.72. The van der Waals surface area contributed by atoms with Crippen LogP contribution in [0.1, 0.15) is 86.5 Å². The lowest BCUT2D eigenvalue weighted by molar-refractivity contribution is -0.120. The van der Waals surface area contributed by atoms with E-state index in [0.717, 1.165) is 16.7 Å². The van der Waals surface area contributed by atoms with Crippen molar-refractivity contribution in [2.75, 3.05) is 14.2 Å². The first kappa shape index (κ1) is 32.4. The smallest absolute Gasteiger partial charge is 0.357 e. The highest BCUT2D eigenvalue weighted by Crippen LogP contribution is 2.55. The molecule has 0 bridgehead atoms. The summed E-state index contributed by atoms with van der Waals surface area (Å²) in [6.45, 7) is 16.6. The molecule has 8 heteroatoms. The molecule has 45 heavy (non-hydrogen) atoms. The molecular weight excluding hydrogens is 582 g/mol. The van der Waals surface area contributed by atoms with Crippen molar-refractivity contribution in [2.45, 2.75) is 85.9 Å². The third kappa shape index (κ3) is 6.28. The molecule has 2 heterocycles. The Morgan fingerprint density at radius 1 is 0.911 bits per heavy atom. The summed E-state index contributed by atoms with van der Waals surface area (Å²) < 4.78 is 17.5. The molecule has 2 aliphatic carbocycles. The molecule has 0 fully saturated rings. The zero-order valence-electron chi connectivity index (χ0n) is 28.1. The van der Waals surface area contributed by atoms with E-state index in [4.69, 9.17) is 19.2 Å². The first-order valence-corrected chi connectivity index (χ1v) is 19.0. The topological polar surface area (TPSA) is 91.8 Å². The fourth-order valence-electron chi connectivity index (χ4n) is 6.70. The van der Waals surface area contributed by atoms with Crippen molar-refractivity contribution in [2.24, 2.45) is 10.8 Å². The summed E-state index contributed by atoms with van der Waals surface area (Å²) in [4.78, 5) is 45.5. The number of Topliss-reactive ketones (excluding diaryl/α,β-unsaturated/α-hetero) is 2. The number of carbonyl (C=O) groups is 3. The highest BCUT2D eigenvalue weighted by molar-refractivity contribution is 6.83. The average Bonchev–Trinajstić information content (AvgIpc) is 2.92. The number of rotatable bonds is 4. The normalized spacial score (nSPS) is 19.2. The lowest BCUT2D eigenvalue weighted by Crippen LogP contribution is -2.38. The maximum atomic E-state index is 13.9. The van der Waals surface area contributed by atoms with Gasteiger partial charge < -0.3 is 14.2 Å². The molecule has 7 nitrogen and oxygen atoms in total. The summed E-state index contributed by atoms with van der Waals surface area (Å²) in [6, 6.07) is 7.40. The Kier molecular flexibility index (Phi) is 8.24. The van der Waals surface area contributed by atoms with Crippen LogP contribution in [0.4, 0.5) is 0 Å². The second-order valence-corrected chi connectivity index (χ2v) is 19.8. The minimum absolute atomic E-state index is 0.0151. The average molecular weight is 626 g/mol. The van der Waals surface area contributed by atoms with Crippen LogP contribution < -0.4 is 4.74 Å². The van der Waals surface area contributed by atoms with Gasteiger partial charge in [0.1, 0.15) is 25.3 Å².